The molecule has 0 bridgehead atoms. The standard InChI is InChI=1S/C29H19Cl2FN6OS/c1-18-24(31)3-2-4-25(18)35-29-38(34-15-19-14-33-37(16-19)23-11-7-21(30)8-12-23)27(17-40-29)28-13-26(36-39-28)20-5-9-22(32)10-6-20/h2-17H,1H3/b34-15+,35-29?. The van der Waals surface area contributed by atoms with Crippen LogP contribution in [0.3, 0.4) is 0 Å². The maximum absolute atomic E-state index is 13.4. The van der Waals surface area contributed by atoms with E-state index in [1.54, 1.807) is 40.0 Å². The Morgan fingerprint density at radius 1 is 1.02 bits per heavy atom. The van der Waals surface area contributed by atoms with E-state index in [0.29, 0.717) is 32.0 Å². The van der Waals surface area contributed by atoms with Crippen LogP contribution in [0, 0.1) is 12.7 Å². The molecule has 0 radical (unpaired) electrons. The summed E-state index contributed by atoms with van der Waals surface area (Å²) in [5.74, 6) is 0.160. The van der Waals surface area contributed by atoms with Gasteiger partial charge in [-0.05, 0) is 73.2 Å². The first-order chi connectivity index (χ1) is 19.4. The predicted octanol–water partition coefficient (Wildman–Crippen LogP) is 7.93. The molecule has 0 N–H and O–H groups in total. The number of benzene rings is 3. The summed E-state index contributed by atoms with van der Waals surface area (Å²) in [6.45, 7) is 1.92. The fraction of sp³-hybridized carbons (Fsp3) is 0.0345. The molecule has 0 spiro atoms. The van der Waals surface area contributed by atoms with Gasteiger partial charge in [0.05, 0.1) is 23.8 Å². The van der Waals surface area contributed by atoms with E-state index in [1.165, 1.54) is 23.5 Å². The Labute approximate surface area is 242 Å². The van der Waals surface area contributed by atoms with E-state index in [-0.39, 0.29) is 5.82 Å². The maximum atomic E-state index is 13.4. The van der Waals surface area contributed by atoms with E-state index in [2.05, 4.69) is 10.3 Å². The molecule has 0 atom stereocenters. The van der Waals surface area contributed by atoms with Crippen LogP contribution in [0.2, 0.25) is 10.0 Å². The number of halogens is 3. The van der Waals surface area contributed by atoms with Crippen molar-refractivity contribution in [3.63, 3.8) is 0 Å². The van der Waals surface area contributed by atoms with Crippen molar-refractivity contribution < 1.29 is 8.91 Å². The minimum atomic E-state index is -0.320. The summed E-state index contributed by atoms with van der Waals surface area (Å²) in [6, 6.07) is 20.8. The lowest BCUT2D eigenvalue weighted by Crippen LogP contribution is -2.11. The average Bonchev–Trinajstić information content (AvgIpc) is 3.71. The number of hydrogen-bond acceptors (Lipinski definition) is 6. The fourth-order valence-electron chi connectivity index (χ4n) is 3.89. The van der Waals surface area contributed by atoms with Crippen molar-refractivity contribution in [2.45, 2.75) is 6.92 Å². The molecule has 3 aromatic heterocycles. The van der Waals surface area contributed by atoms with Gasteiger partial charge in [-0.1, -0.05) is 34.4 Å². The Kier molecular flexibility index (Phi) is 7.17. The molecule has 3 aromatic carbocycles. The van der Waals surface area contributed by atoms with E-state index in [1.807, 2.05) is 61.0 Å². The minimum Gasteiger partial charge on any atom is -0.354 e. The molecule has 0 saturated carbocycles. The number of hydrogen-bond donors (Lipinski definition) is 0. The highest BCUT2D eigenvalue weighted by Gasteiger charge is 2.15. The van der Waals surface area contributed by atoms with Crippen molar-refractivity contribution >= 4 is 46.4 Å². The van der Waals surface area contributed by atoms with Gasteiger partial charge in [-0.3, -0.25) is 0 Å². The second-order valence-corrected chi connectivity index (χ2v) is 10.4. The van der Waals surface area contributed by atoms with Crippen LogP contribution in [-0.4, -0.2) is 25.8 Å². The van der Waals surface area contributed by atoms with E-state index < -0.39 is 0 Å². The van der Waals surface area contributed by atoms with Gasteiger partial charge in [0.15, 0.2) is 5.76 Å². The smallest absolute Gasteiger partial charge is 0.211 e. The highest BCUT2D eigenvalue weighted by molar-refractivity contribution is 7.07. The van der Waals surface area contributed by atoms with Crippen LogP contribution >= 0.6 is 34.5 Å². The lowest BCUT2D eigenvalue weighted by Gasteiger charge is -2.02. The van der Waals surface area contributed by atoms with E-state index in [0.717, 1.165) is 28.1 Å². The van der Waals surface area contributed by atoms with Gasteiger partial charge in [-0.2, -0.15) is 10.2 Å². The van der Waals surface area contributed by atoms with Crippen LogP contribution in [0.5, 0.6) is 0 Å². The molecule has 11 heteroatoms. The van der Waals surface area contributed by atoms with E-state index >= 15 is 0 Å². The van der Waals surface area contributed by atoms with Gasteiger partial charge < -0.3 is 4.52 Å². The van der Waals surface area contributed by atoms with Crippen molar-refractivity contribution in [2.75, 3.05) is 0 Å². The predicted molar refractivity (Wildman–Crippen MR) is 156 cm³/mol. The normalized spacial score (nSPS) is 12.1. The first kappa shape index (κ1) is 25.9. The fourth-order valence-corrected chi connectivity index (χ4v) is 5.02. The monoisotopic (exact) mass is 588 g/mol. The Balaban J connectivity index is 1.41. The first-order valence-corrected chi connectivity index (χ1v) is 13.7. The first-order valence-electron chi connectivity index (χ1n) is 12.0. The van der Waals surface area contributed by atoms with Crippen molar-refractivity contribution in [2.24, 2.45) is 10.1 Å². The maximum Gasteiger partial charge on any atom is 0.211 e. The second kappa shape index (κ2) is 11.1. The van der Waals surface area contributed by atoms with Gasteiger partial charge in [0.2, 0.25) is 4.80 Å². The number of rotatable bonds is 6. The van der Waals surface area contributed by atoms with Crippen molar-refractivity contribution in [3.05, 3.63) is 122 Å². The Hall–Kier alpha value is -4.31. The summed E-state index contributed by atoms with van der Waals surface area (Å²) in [6.07, 6.45) is 5.26. The van der Waals surface area contributed by atoms with Gasteiger partial charge in [0.1, 0.15) is 17.2 Å². The number of nitrogens with zero attached hydrogens (tertiary/aromatic N) is 6. The molecule has 0 aliphatic carbocycles. The molecule has 6 aromatic rings. The van der Waals surface area contributed by atoms with Crippen LogP contribution in [0.4, 0.5) is 10.1 Å². The molecular formula is C29H19Cl2FN6OS. The SMILES string of the molecule is Cc1c(Cl)cccc1N=c1scc(-c2cc(-c3ccc(F)cc3)no2)n1/N=C/c1cnn(-c2ccc(Cl)cc2)c1. The third-order valence-corrected chi connectivity index (χ3v) is 7.54. The van der Waals surface area contributed by atoms with Gasteiger partial charge in [0, 0.05) is 38.8 Å². The van der Waals surface area contributed by atoms with E-state index in [4.69, 9.17) is 37.8 Å². The quantitative estimate of drug-likeness (QED) is 0.185. The van der Waals surface area contributed by atoms with Crippen LogP contribution in [0.1, 0.15) is 11.1 Å². The summed E-state index contributed by atoms with van der Waals surface area (Å²) >= 11 is 13.7. The van der Waals surface area contributed by atoms with E-state index in [9.17, 15) is 4.39 Å². The van der Waals surface area contributed by atoms with Crippen molar-refractivity contribution in [3.8, 4) is 28.4 Å². The van der Waals surface area contributed by atoms with Gasteiger partial charge in [-0.25, -0.2) is 18.7 Å². The zero-order chi connectivity index (χ0) is 27.6. The molecule has 3 heterocycles. The molecule has 0 aliphatic heterocycles. The lowest BCUT2D eigenvalue weighted by atomic mass is 10.1. The summed E-state index contributed by atoms with van der Waals surface area (Å²) in [7, 11) is 0. The molecule has 0 saturated heterocycles. The highest BCUT2D eigenvalue weighted by atomic mass is 35.5. The largest absolute Gasteiger partial charge is 0.354 e. The Morgan fingerprint density at radius 2 is 1.82 bits per heavy atom. The van der Waals surface area contributed by atoms with Gasteiger partial charge in [0.25, 0.3) is 0 Å². The third-order valence-electron chi connectivity index (χ3n) is 6.06. The Bertz CT molecular complexity index is 1900. The van der Waals surface area contributed by atoms with Crippen molar-refractivity contribution in [1.82, 2.24) is 19.6 Å². The van der Waals surface area contributed by atoms with Crippen molar-refractivity contribution in [1.29, 1.82) is 0 Å². The lowest BCUT2D eigenvalue weighted by molar-refractivity contribution is 0.432. The molecule has 40 heavy (non-hydrogen) atoms. The minimum absolute atomic E-state index is 0.320. The van der Waals surface area contributed by atoms with Crippen LogP contribution < -0.4 is 4.80 Å². The molecule has 7 nitrogen and oxygen atoms in total. The zero-order valence-corrected chi connectivity index (χ0v) is 23.2. The summed E-state index contributed by atoms with van der Waals surface area (Å²) in [4.78, 5) is 5.44. The van der Waals surface area contributed by atoms with Gasteiger partial charge >= 0.3 is 0 Å². The van der Waals surface area contributed by atoms with Crippen LogP contribution in [0.15, 0.2) is 105 Å². The molecule has 0 aliphatic rings. The Morgan fingerprint density at radius 3 is 2.62 bits per heavy atom. The molecule has 198 valence electrons. The highest BCUT2D eigenvalue weighted by Crippen LogP contribution is 2.28. The molecule has 0 amide bonds. The second-order valence-electron chi connectivity index (χ2n) is 8.73. The number of aromatic nitrogens is 4. The zero-order valence-electron chi connectivity index (χ0n) is 20.9. The van der Waals surface area contributed by atoms with Gasteiger partial charge in [-0.15, -0.1) is 11.3 Å². The summed E-state index contributed by atoms with van der Waals surface area (Å²) in [5, 5.41) is 16.5. The third kappa shape index (κ3) is 5.40. The molecule has 6 rings (SSSR count). The topological polar surface area (TPSA) is 73.5 Å². The summed E-state index contributed by atoms with van der Waals surface area (Å²) in [5.41, 5.74) is 5.18. The van der Waals surface area contributed by atoms with Crippen LogP contribution in [0.25, 0.3) is 28.4 Å². The molecular weight excluding hydrogens is 570 g/mol. The summed E-state index contributed by atoms with van der Waals surface area (Å²) < 4.78 is 22.5. The molecule has 0 fully saturated rings. The van der Waals surface area contributed by atoms with Crippen LogP contribution in [-0.2, 0) is 0 Å². The molecule has 0 unspecified atom stereocenters. The number of thiazole rings is 1. The average molecular weight is 589 g/mol.